The van der Waals surface area contributed by atoms with Crippen LogP contribution in [0.5, 0.6) is 0 Å². The molecule has 0 aliphatic heterocycles. The van der Waals surface area contributed by atoms with Gasteiger partial charge in [-0.1, -0.05) is 0 Å². The average Bonchev–Trinajstić information content (AvgIpc) is 3.05. The third kappa shape index (κ3) is 4.36. The van der Waals surface area contributed by atoms with Crippen LogP contribution in [0, 0.1) is 55.5 Å². The minimum absolute atomic E-state index is 0. The van der Waals surface area contributed by atoms with Gasteiger partial charge in [-0.2, -0.15) is 0 Å². The Hall–Kier alpha value is -1.57. The Morgan fingerprint density at radius 2 is 1.89 bits per heavy atom. The number of nitrogens with zero attached hydrogens (tertiary/aromatic N) is 2. The molecule has 0 bridgehead atoms. The van der Waals surface area contributed by atoms with Crippen LogP contribution >= 0.6 is 0 Å². The summed E-state index contributed by atoms with van der Waals surface area (Å²) in [7, 11) is 0. The quantitative estimate of drug-likeness (QED) is 0.513. The SMILES string of the molecule is Cc1nccn1C[c-]1[c-][c-][c-][c-]1.[Fe].[c-]1[c-][c-][cH-][c-]1. The molecule has 1 aromatic heterocycles. The third-order valence-electron chi connectivity index (χ3n) is 2.09. The summed E-state index contributed by atoms with van der Waals surface area (Å²) in [5.74, 6) is 0.998. The molecule has 18 heavy (non-hydrogen) atoms. The molecule has 3 aromatic rings. The van der Waals surface area contributed by atoms with Crippen molar-refractivity contribution in [2.45, 2.75) is 13.5 Å². The maximum atomic E-state index is 4.11. The Labute approximate surface area is 118 Å². The van der Waals surface area contributed by atoms with Crippen LogP contribution in [0.4, 0.5) is 0 Å². The summed E-state index contributed by atoms with van der Waals surface area (Å²) in [5, 5.41) is 0. The van der Waals surface area contributed by atoms with Gasteiger partial charge >= 0.3 is 0 Å². The molecule has 2 nitrogen and oxygen atoms in total. The predicted molar refractivity (Wildman–Crippen MR) is 60.8 cm³/mol. The molecule has 2 aromatic carbocycles. The van der Waals surface area contributed by atoms with Crippen LogP contribution in [0.1, 0.15) is 11.4 Å². The Bertz CT molecular complexity index is 489. The maximum Gasteiger partial charge on any atom is 0.103 e. The monoisotopic (exact) mass is 272 g/mol. The van der Waals surface area contributed by atoms with Gasteiger partial charge in [0.05, 0.1) is 0 Å². The van der Waals surface area contributed by atoms with Crippen molar-refractivity contribution < 1.29 is 17.1 Å². The first kappa shape index (κ1) is 14.5. The molecule has 1 heterocycles. The largest absolute Gasteiger partial charge is 0.999 e. The molecule has 0 atom stereocenters. The molecule has 3 heteroatoms. The van der Waals surface area contributed by atoms with Gasteiger partial charge in [-0.05, 0) is 6.92 Å². The molecule has 0 unspecified atom stereocenters. The van der Waals surface area contributed by atoms with E-state index in [1.165, 1.54) is 0 Å². The third-order valence-corrected chi connectivity index (χ3v) is 2.09. The van der Waals surface area contributed by atoms with Crippen LogP contribution in [0.3, 0.4) is 0 Å². The van der Waals surface area contributed by atoms with Crippen LogP contribution < -0.4 is 0 Å². The van der Waals surface area contributed by atoms with Crippen LogP contribution in [0.25, 0.3) is 0 Å². The van der Waals surface area contributed by atoms with E-state index >= 15 is 0 Å². The van der Waals surface area contributed by atoms with E-state index in [1.807, 2.05) is 17.7 Å². The molecular formula is C15H8FeN2-10. The van der Waals surface area contributed by atoms with Crippen molar-refractivity contribution in [1.29, 1.82) is 0 Å². The molecule has 0 fully saturated rings. The fraction of sp³-hybridized carbons (Fsp3) is 0.133. The van der Waals surface area contributed by atoms with Crippen LogP contribution in [-0.2, 0) is 23.6 Å². The van der Waals surface area contributed by atoms with Gasteiger partial charge in [-0.25, -0.2) is 4.98 Å². The van der Waals surface area contributed by atoms with Crippen molar-refractivity contribution in [3.8, 4) is 0 Å². The fourth-order valence-corrected chi connectivity index (χ4v) is 1.25. The van der Waals surface area contributed by atoms with E-state index in [9.17, 15) is 0 Å². The summed E-state index contributed by atoms with van der Waals surface area (Å²) in [4.78, 5) is 4.11. The van der Waals surface area contributed by atoms with E-state index in [2.05, 4.69) is 53.5 Å². The molecule has 0 aliphatic carbocycles. The fourth-order valence-electron chi connectivity index (χ4n) is 1.25. The standard InChI is InChI=1S/C10H7N2.C5H.Fe/c1-9-11-6-7-12(9)8-10-4-2-3-5-10;1-2-4-5-3-1;/h6-7H,8H2,1H3;1H;/q2*-5;. The summed E-state index contributed by atoms with van der Waals surface area (Å²) < 4.78 is 2.03. The molecular weight excluding hydrogens is 264 g/mol. The van der Waals surface area contributed by atoms with Gasteiger partial charge in [0.1, 0.15) is 5.82 Å². The predicted octanol–water partition coefficient (Wildman–Crippen LogP) is 1.76. The number of hydrogen-bond acceptors (Lipinski definition) is 1. The molecule has 3 rings (SSSR count). The molecule has 0 amide bonds. The summed E-state index contributed by atoms with van der Waals surface area (Å²) in [6.45, 7) is 2.72. The van der Waals surface area contributed by atoms with Gasteiger partial charge in [0.15, 0.2) is 0 Å². The smallest absolute Gasteiger partial charge is 0.103 e. The van der Waals surface area contributed by atoms with Gasteiger partial charge in [0.2, 0.25) is 0 Å². The van der Waals surface area contributed by atoms with E-state index in [4.69, 9.17) is 0 Å². The van der Waals surface area contributed by atoms with E-state index in [0.29, 0.717) is 0 Å². The van der Waals surface area contributed by atoms with Crippen molar-refractivity contribution in [2.75, 3.05) is 0 Å². The van der Waals surface area contributed by atoms with Crippen molar-refractivity contribution >= 4 is 0 Å². The van der Waals surface area contributed by atoms with E-state index in [-0.39, 0.29) is 17.1 Å². The summed E-state index contributed by atoms with van der Waals surface area (Å²) in [6.07, 6.45) is 3.72. The van der Waals surface area contributed by atoms with Gasteiger partial charge in [0, 0.05) is 29.5 Å². The van der Waals surface area contributed by atoms with Gasteiger partial charge in [-0.3, -0.25) is 0 Å². The second-order valence-electron chi connectivity index (χ2n) is 3.26. The number of aryl methyl sites for hydroxylation is 1. The summed E-state index contributed by atoms with van der Waals surface area (Å²) in [5.41, 5.74) is 0.969. The minimum atomic E-state index is 0. The molecule has 0 spiro atoms. The first-order valence-electron chi connectivity index (χ1n) is 5.04. The zero-order valence-electron chi connectivity index (χ0n) is 9.69. The van der Waals surface area contributed by atoms with Crippen molar-refractivity contribution in [1.82, 2.24) is 9.55 Å². The molecule has 0 saturated carbocycles. The van der Waals surface area contributed by atoms with Gasteiger partial charge in [0.25, 0.3) is 0 Å². The molecule has 0 radical (unpaired) electrons. The minimum Gasteiger partial charge on any atom is -0.999 e. The number of aromatic nitrogens is 2. The Morgan fingerprint density at radius 1 is 1.22 bits per heavy atom. The first-order chi connectivity index (χ1) is 8.36. The summed E-state index contributed by atoms with van der Waals surface area (Å²) >= 11 is 0. The van der Waals surface area contributed by atoms with Crippen LogP contribution in [0.2, 0.25) is 0 Å². The van der Waals surface area contributed by atoms with Crippen molar-refractivity contribution in [2.24, 2.45) is 0 Å². The zero-order valence-corrected chi connectivity index (χ0v) is 10.8. The topological polar surface area (TPSA) is 17.8 Å². The number of rotatable bonds is 2. The summed E-state index contributed by atoms with van der Waals surface area (Å²) in [6, 6.07) is 23.3. The number of hydrogen-bond donors (Lipinski definition) is 0. The van der Waals surface area contributed by atoms with Gasteiger partial charge < -0.3 is 64.7 Å². The zero-order chi connectivity index (χ0) is 11.9. The Kier molecular flexibility index (Phi) is 6.20. The average molecular weight is 272 g/mol. The Morgan fingerprint density at radius 3 is 2.33 bits per heavy atom. The molecule has 0 N–H and O–H groups in total. The first-order valence-corrected chi connectivity index (χ1v) is 5.04. The van der Waals surface area contributed by atoms with Crippen LogP contribution in [0.15, 0.2) is 18.5 Å². The second-order valence-corrected chi connectivity index (χ2v) is 3.26. The maximum absolute atomic E-state index is 4.11. The molecule has 0 saturated heterocycles. The van der Waals surface area contributed by atoms with E-state index in [1.54, 1.807) is 12.3 Å². The van der Waals surface area contributed by atoms with Crippen LogP contribution in [-0.4, -0.2) is 9.55 Å². The van der Waals surface area contributed by atoms with Crippen molar-refractivity contribution in [3.63, 3.8) is 0 Å². The van der Waals surface area contributed by atoms with Gasteiger partial charge in [-0.15, -0.1) is 6.54 Å². The van der Waals surface area contributed by atoms with E-state index < -0.39 is 0 Å². The molecule has 0 aliphatic rings. The van der Waals surface area contributed by atoms with Crippen molar-refractivity contribution in [3.05, 3.63) is 78.4 Å². The number of imidazole rings is 1. The second kappa shape index (κ2) is 7.70. The molecule has 96 valence electrons. The Balaban J connectivity index is 0.000000230. The normalized spacial score (nSPS) is 9.17. The van der Waals surface area contributed by atoms with E-state index in [0.717, 1.165) is 17.9 Å².